The molecule has 1 atom stereocenters. The van der Waals surface area contributed by atoms with Crippen molar-refractivity contribution in [3.8, 4) is 5.75 Å². The van der Waals surface area contributed by atoms with Crippen LogP contribution in [-0.2, 0) is 11.8 Å². The van der Waals surface area contributed by atoms with Crippen molar-refractivity contribution in [1.82, 2.24) is 14.5 Å². The van der Waals surface area contributed by atoms with Gasteiger partial charge in [0.2, 0.25) is 0 Å². The standard InChI is InChI=1S/C20H27N3O4/c1-20(2,3)27-19(25)23-10-6-7-13(12-23)17-21-16-9-8-14(26-5)11-15(16)18(24)22(17)4/h8-9,11,13H,6-7,10,12H2,1-5H3/t13-/m1/s1. The third-order valence-corrected chi connectivity index (χ3v) is 4.76. The zero-order chi connectivity index (χ0) is 19.8. The van der Waals surface area contributed by atoms with Crippen molar-refractivity contribution in [2.24, 2.45) is 7.05 Å². The predicted octanol–water partition coefficient (Wildman–Crippen LogP) is 3.06. The van der Waals surface area contributed by atoms with E-state index in [4.69, 9.17) is 14.5 Å². The first-order chi connectivity index (χ1) is 12.7. The third kappa shape index (κ3) is 4.07. The number of nitrogens with zero attached hydrogens (tertiary/aromatic N) is 3. The fraction of sp³-hybridized carbons (Fsp3) is 0.550. The first kappa shape index (κ1) is 19.2. The monoisotopic (exact) mass is 373 g/mol. The second-order valence-electron chi connectivity index (χ2n) is 7.98. The van der Waals surface area contributed by atoms with Gasteiger partial charge in [-0.15, -0.1) is 0 Å². The minimum absolute atomic E-state index is 0.00419. The molecule has 27 heavy (non-hydrogen) atoms. The lowest BCUT2D eigenvalue weighted by atomic mass is 9.97. The van der Waals surface area contributed by atoms with E-state index in [0.717, 1.165) is 12.8 Å². The number of aromatic nitrogens is 2. The normalized spacial score (nSPS) is 17.8. The van der Waals surface area contributed by atoms with Crippen LogP contribution in [-0.4, -0.2) is 46.3 Å². The maximum Gasteiger partial charge on any atom is 0.410 e. The Morgan fingerprint density at radius 3 is 2.70 bits per heavy atom. The largest absolute Gasteiger partial charge is 0.497 e. The number of hydrogen-bond donors (Lipinski definition) is 0. The Bertz CT molecular complexity index is 914. The Balaban J connectivity index is 1.91. The van der Waals surface area contributed by atoms with Gasteiger partial charge in [-0.25, -0.2) is 9.78 Å². The molecule has 1 saturated heterocycles. The van der Waals surface area contributed by atoms with E-state index in [0.29, 0.717) is 35.6 Å². The quantitative estimate of drug-likeness (QED) is 0.809. The van der Waals surface area contributed by atoms with Gasteiger partial charge in [-0.05, 0) is 51.8 Å². The molecule has 0 unspecified atom stereocenters. The van der Waals surface area contributed by atoms with Gasteiger partial charge in [0, 0.05) is 26.1 Å². The molecular weight excluding hydrogens is 346 g/mol. The molecule has 0 N–H and O–H groups in total. The molecule has 7 heteroatoms. The second kappa shape index (κ2) is 7.21. The molecule has 0 saturated carbocycles. The topological polar surface area (TPSA) is 73.7 Å². The molecule has 1 aliphatic heterocycles. The zero-order valence-corrected chi connectivity index (χ0v) is 16.6. The minimum atomic E-state index is -0.531. The molecule has 2 heterocycles. The molecule has 146 valence electrons. The summed E-state index contributed by atoms with van der Waals surface area (Å²) < 4.78 is 12.3. The average molecular weight is 373 g/mol. The van der Waals surface area contributed by atoms with Gasteiger partial charge in [0.15, 0.2) is 0 Å². The van der Waals surface area contributed by atoms with E-state index in [9.17, 15) is 9.59 Å². The first-order valence-electron chi connectivity index (χ1n) is 9.22. The van der Waals surface area contributed by atoms with Gasteiger partial charge in [0.25, 0.3) is 5.56 Å². The molecule has 0 radical (unpaired) electrons. The van der Waals surface area contributed by atoms with Crippen LogP contribution in [0, 0.1) is 0 Å². The van der Waals surface area contributed by atoms with Gasteiger partial charge in [-0.2, -0.15) is 0 Å². The minimum Gasteiger partial charge on any atom is -0.497 e. The van der Waals surface area contributed by atoms with Crippen LogP contribution in [0.3, 0.4) is 0 Å². The smallest absolute Gasteiger partial charge is 0.410 e. The van der Waals surface area contributed by atoms with Crippen molar-refractivity contribution < 1.29 is 14.3 Å². The fourth-order valence-corrected chi connectivity index (χ4v) is 3.44. The van der Waals surface area contributed by atoms with Crippen LogP contribution in [0.1, 0.15) is 45.4 Å². The van der Waals surface area contributed by atoms with Gasteiger partial charge in [-0.3, -0.25) is 9.36 Å². The number of likely N-dealkylation sites (tertiary alicyclic amines) is 1. The first-order valence-corrected chi connectivity index (χ1v) is 9.22. The summed E-state index contributed by atoms with van der Waals surface area (Å²) in [5.74, 6) is 1.32. The molecule has 7 nitrogen and oxygen atoms in total. The van der Waals surface area contributed by atoms with Gasteiger partial charge < -0.3 is 14.4 Å². The maximum absolute atomic E-state index is 12.8. The SMILES string of the molecule is COc1ccc2nc([C@@H]3CCCN(C(=O)OC(C)(C)C)C3)n(C)c(=O)c2c1. The average Bonchev–Trinajstić information content (AvgIpc) is 2.63. The van der Waals surface area contributed by atoms with E-state index in [1.165, 1.54) is 0 Å². The van der Waals surface area contributed by atoms with Crippen LogP contribution >= 0.6 is 0 Å². The Morgan fingerprint density at radius 2 is 2.04 bits per heavy atom. The molecule has 1 aliphatic rings. The molecule has 0 bridgehead atoms. The molecule has 0 spiro atoms. The third-order valence-electron chi connectivity index (χ3n) is 4.76. The molecule has 1 aromatic heterocycles. The zero-order valence-electron chi connectivity index (χ0n) is 16.6. The van der Waals surface area contributed by atoms with E-state index in [2.05, 4.69) is 0 Å². The van der Waals surface area contributed by atoms with Crippen molar-refractivity contribution in [3.63, 3.8) is 0 Å². The highest BCUT2D eigenvalue weighted by molar-refractivity contribution is 5.79. The van der Waals surface area contributed by atoms with Gasteiger partial charge >= 0.3 is 6.09 Å². The van der Waals surface area contributed by atoms with E-state index >= 15 is 0 Å². The maximum atomic E-state index is 12.8. The molecule has 2 aromatic rings. The van der Waals surface area contributed by atoms with Crippen molar-refractivity contribution in [2.75, 3.05) is 20.2 Å². The lowest BCUT2D eigenvalue weighted by Gasteiger charge is -2.34. The number of amides is 1. The number of rotatable bonds is 2. The number of methoxy groups -OCH3 is 1. The molecular formula is C20H27N3O4. The highest BCUT2D eigenvalue weighted by Crippen LogP contribution is 2.27. The highest BCUT2D eigenvalue weighted by Gasteiger charge is 2.30. The Labute approximate surface area is 158 Å². The van der Waals surface area contributed by atoms with Gasteiger partial charge in [0.1, 0.15) is 17.2 Å². The van der Waals surface area contributed by atoms with Crippen molar-refractivity contribution in [3.05, 3.63) is 34.4 Å². The van der Waals surface area contributed by atoms with Crippen LogP contribution in [0.4, 0.5) is 4.79 Å². The Morgan fingerprint density at radius 1 is 1.30 bits per heavy atom. The molecule has 0 aliphatic carbocycles. The van der Waals surface area contributed by atoms with E-state index in [1.807, 2.05) is 20.8 Å². The number of hydrogen-bond acceptors (Lipinski definition) is 5. The number of carbonyl (C=O) groups excluding carboxylic acids is 1. The molecule has 3 rings (SSSR count). The Kier molecular flexibility index (Phi) is 5.13. The molecule has 1 fully saturated rings. The summed E-state index contributed by atoms with van der Waals surface area (Å²) in [7, 11) is 3.30. The summed E-state index contributed by atoms with van der Waals surface area (Å²) in [5.41, 5.74) is 0.00326. The summed E-state index contributed by atoms with van der Waals surface area (Å²) in [6.07, 6.45) is 1.41. The van der Waals surface area contributed by atoms with Crippen LogP contribution in [0.25, 0.3) is 10.9 Å². The van der Waals surface area contributed by atoms with Crippen LogP contribution in [0.2, 0.25) is 0 Å². The highest BCUT2D eigenvalue weighted by atomic mass is 16.6. The lowest BCUT2D eigenvalue weighted by Crippen LogP contribution is -2.43. The summed E-state index contributed by atoms with van der Waals surface area (Å²) in [5, 5.41) is 0.528. The van der Waals surface area contributed by atoms with E-state index in [-0.39, 0.29) is 17.6 Å². The summed E-state index contributed by atoms with van der Waals surface area (Å²) in [6.45, 7) is 6.72. The number of ether oxygens (including phenoxy) is 2. The van der Waals surface area contributed by atoms with Crippen molar-refractivity contribution in [2.45, 2.75) is 45.1 Å². The summed E-state index contributed by atoms with van der Waals surface area (Å²) in [6, 6.07) is 5.31. The van der Waals surface area contributed by atoms with Gasteiger partial charge in [-0.1, -0.05) is 0 Å². The summed E-state index contributed by atoms with van der Waals surface area (Å²) >= 11 is 0. The van der Waals surface area contributed by atoms with Crippen molar-refractivity contribution in [1.29, 1.82) is 0 Å². The van der Waals surface area contributed by atoms with Crippen LogP contribution < -0.4 is 10.3 Å². The van der Waals surface area contributed by atoms with Crippen LogP contribution in [0.15, 0.2) is 23.0 Å². The molecule has 1 aromatic carbocycles. The fourth-order valence-electron chi connectivity index (χ4n) is 3.44. The van der Waals surface area contributed by atoms with Crippen LogP contribution in [0.5, 0.6) is 5.75 Å². The number of fused-ring (bicyclic) bond motifs is 1. The number of piperidine rings is 1. The van der Waals surface area contributed by atoms with Gasteiger partial charge in [0.05, 0.1) is 18.0 Å². The Hall–Kier alpha value is -2.57. The molecule has 1 amide bonds. The predicted molar refractivity (Wildman–Crippen MR) is 103 cm³/mol. The number of carbonyl (C=O) groups is 1. The van der Waals surface area contributed by atoms with E-state index in [1.54, 1.807) is 41.8 Å². The summed E-state index contributed by atoms with van der Waals surface area (Å²) in [4.78, 5) is 31.7. The lowest BCUT2D eigenvalue weighted by molar-refractivity contribution is 0.0195. The second-order valence-corrected chi connectivity index (χ2v) is 7.98. The van der Waals surface area contributed by atoms with Crippen molar-refractivity contribution >= 4 is 17.0 Å². The number of benzene rings is 1. The van der Waals surface area contributed by atoms with E-state index < -0.39 is 5.60 Å².